The highest BCUT2D eigenvalue weighted by Gasteiger charge is 2.46. The smallest absolute Gasteiger partial charge is 0.343 e. The lowest BCUT2D eigenvalue weighted by molar-refractivity contribution is -0.172. The third-order valence-electron chi connectivity index (χ3n) is 21.6. The molecule has 5 heterocycles. The van der Waals surface area contributed by atoms with Gasteiger partial charge in [-0.05, 0) is 212 Å². The Kier molecular flexibility index (Phi) is 39.2. The third kappa shape index (κ3) is 32.4. The molecule has 37 nitrogen and oxygen atoms in total. The molecule has 0 radical (unpaired) electrons. The summed E-state index contributed by atoms with van der Waals surface area (Å²) in [6.45, 7) is 24.8. The minimum atomic E-state index is -2.01. The van der Waals surface area contributed by atoms with Crippen LogP contribution in [0.1, 0.15) is 242 Å². The molecular formula is C95H128FN13O24. The van der Waals surface area contributed by atoms with E-state index in [9.17, 15) is 81.8 Å². The standard InChI is InChI=1S/C95H128FN13O24/c1-15-62-63-50-73(67(96)52-71(63)104-81-64(62)53-109-72(81)51-66-65(87(109)121)55-130-90(124)95(66,126)16-2)129-54-58-28-34-61(35-29-58)102-82(116)57(5)101-86(120)80(56(3)4)107-85(119)68(103-76(112)27-23-45-108-77(113)37-38-78(108)114)24-17-20-42-98-75(111)40-46-127-48-49-128-47-44-100-84(118)60-32-30-59(31-33-60)83(117)99-43-22-19-26-74(110)97-41-21-18-25-69(88(122)132-93(9,10)11)105-91(125)106-70(89(123)133-94(12,13)14)36-39-79(115)131-92(6,7)8/h28-35,37-38,50-52,56-57,68-70,80,126H,15-27,36,39-49,53-55H2,1-14H3,(H,97,110)(H,98,111)(H,99,117)(H,100,118)(H,101,120)(H,102,116)(H,103,112)(H,107,119)(H2,105,106,125)/t57-,68-,69-,70-,80-,95-/m0/s1. The lowest BCUT2D eigenvalue weighted by atomic mass is 9.86. The first-order valence-corrected chi connectivity index (χ1v) is 45.2. The molecule has 724 valence electrons. The number of cyclic esters (lactones) is 1. The number of esters is 4. The molecule has 0 saturated heterocycles. The fourth-order valence-corrected chi connectivity index (χ4v) is 14.7. The Morgan fingerprint density at radius 3 is 1.71 bits per heavy atom. The van der Waals surface area contributed by atoms with Crippen LogP contribution in [0.2, 0.25) is 0 Å². The maximum Gasteiger partial charge on any atom is 0.343 e. The number of ether oxygens (including phenoxy) is 7. The minimum Gasteiger partial charge on any atom is -0.486 e. The monoisotopic (exact) mass is 1850 g/mol. The summed E-state index contributed by atoms with van der Waals surface area (Å²) in [7, 11) is 0. The van der Waals surface area contributed by atoms with Crippen molar-refractivity contribution in [3.05, 3.63) is 134 Å². The van der Waals surface area contributed by atoms with Gasteiger partial charge in [-0.1, -0.05) is 39.8 Å². The highest BCUT2D eigenvalue weighted by atomic mass is 19.1. The Morgan fingerprint density at radius 2 is 1.12 bits per heavy atom. The third-order valence-corrected chi connectivity index (χ3v) is 21.6. The second-order valence-electron chi connectivity index (χ2n) is 36.1. The Bertz CT molecular complexity index is 5110. The van der Waals surface area contributed by atoms with E-state index in [0.29, 0.717) is 89.6 Å². The average molecular weight is 1860 g/mol. The molecule has 133 heavy (non-hydrogen) atoms. The van der Waals surface area contributed by atoms with Crippen LogP contribution in [0.4, 0.5) is 14.9 Å². The van der Waals surface area contributed by atoms with Crippen molar-refractivity contribution in [2.75, 3.05) is 64.5 Å². The van der Waals surface area contributed by atoms with Crippen LogP contribution in [0.25, 0.3) is 22.3 Å². The van der Waals surface area contributed by atoms with E-state index >= 15 is 4.39 Å². The molecule has 0 bridgehead atoms. The van der Waals surface area contributed by atoms with Gasteiger partial charge in [0.15, 0.2) is 17.2 Å². The van der Waals surface area contributed by atoms with E-state index in [1.54, 1.807) is 119 Å². The number of carbonyl (C=O) groups is 15. The Balaban J connectivity index is 0.685. The van der Waals surface area contributed by atoms with E-state index in [2.05, 4.69) is 53.2 Å². The molecule has 6 atom stereocenters. The first-order valence-electron chi connectivity index (χ1n) is 45.2. The van der Waals surface area contributed by atoms with E-state index in [0.717, 1.165) is 28.2 Å². The van der Waals surface area contributed by atoms with Gasteiger partial charge in [0, 0.05) is 110 Å². The SMILES string of the molecule is CCc1c2c(nc3cc(F)c(OCc4ccc(NC(=O)[C@H](C)NC(=O)[C@@H](NC(=O)[C@H](CCCCNC(=O)CCOCCOCCNC(=O)c5ccc(C(=O)NCCCCC(=O)NCCCC[C@H](NC(=O)N[C@@H](CCC(=O)OC(C)(C)C)C(=O)OC(C)(C)C)C(=O)OC(C)(C)C)cc5)NC(=O)CCCN5C(=O)C=CC5=O)C(C)C)cc4)cc13)-c1cc3c(c(=O)n1C2)COC(=O)[C@]3(O)CC. The molecule has 0 aliphatic carbocycles. The average Bonchev–Trinajstić information content (AvgIpc) is 1.58. The van der Waals surface area contributed by atoms with E-state index in [-0.39, 0.29) is 171 Å². The van der Waals surface area contributed by atoms with Gasteiger partial charge in [0.1, 0.15) is 60.2 Å². The fraction of sp³-hybridized carbons (Fsp3) is 0.547. The normalized spacial score (nSPS) is 15.0. The number of rotatable bonds is 50. The highest BCUT2D eigenvalue weighted by Crippen LogP contribution is 2.42. The number of imide groups is 1. The molecule has 0 spiro atoms. The maximum absolute atomic E-state index is 15.9. The number of hydrogen-bond acceptors (Lipinski definition) is 25. The predicted octanol–water partition coefficient (Wildman–Crippen LogP) is 7.30. The van der Waals surface area contributed by atoms with Gasteiger partial charge in [-0.3, -0.25) is 62.4 Å². The molecule has 0 unspecified atom stereocenters. The number of urea groups is 1. The molecule has 12 amide bonds. The number of nitrogens with zero attached hydrogens (tertiary/aromatic N) is 3. The summed E-state index contributed by atoms with van der Waals surface area (Å²) < 4.78 is 56.2. The van der Waals surface area contributed by atoms with Crippen LogP contribution in [0, 0.1) is 11.7 Å². The molecule has 0 saturated carbocycles. The van der Waals surface area contributed by atoms with Gasteiger partial charge in [0.25, 0.3) is 29.2 Å². The van der Waals surface area contributed by atoms with E-state index in [1.165, 1.54) is 41.8 Å². The van der Waals surface area contributed by atoms with Crippen molar-refractivity contribution < 1.29 is 115 Å². The molecule has 2 aromatic heterocycles. The fourth-order valence-electron chi connectivity index (χ4n) is 14.7. The lowest BCUT2D eigenvalue weighted by Crippen LogP contribution is -2.57. The van der Waals surface area contributed by atoms with Crippen molar-refractivity contribution in [2.24, 2.45) is 5.92 Å². The number of aromatic nitrogens is 2. The Labute approximate surface area is 772 Å². The van der Waals surface area contributed by atoms with Gasteiger partial charge in [0.2, 0.25) is 35.4 Å². The van der Waals surface area contributed by atoms with Gasteiger partial charge in [-0.15, -0.1) is 0 Å². The van der Waals surface area contributed by atoms with Crippen molar-refractivity contribution in [1.29, 1.82) is 0 Å². The largest absolute Gasteiger partial charge is 0.486 e. The summed E-state index contributed by atoms with van der Waals surface area (Å²) in [5.41, 5.74) is -0.311. The number of pyridine rings is 2. The van der Waals surface area contributed by atoms with Crippen molar-refractivity contribution in [1.82, 2.24) is 62.3 Å². The quantitative estimate of drug-likeness (QED) is 0.00772. The van der Waals surface area contributed by atoms with E-state index in [4.69, 9.17) is 38.1 Å². The summed E-state index contributed by atoms with van der Waals surface area (Å²) in [4.78, 5) is 215. The second-order valence-corrected chi connectivity index (χ2v) is 36.1. The maximum atomic E-state index is 15.9. The lowest BCUT2D eigenvalue weighted by Gasteiger charge is -2.31. The van der Waals surface area contributed by atoms with Crippen molar-refractivity contribution in [3.8, 4) is 17.1 Å². The van der Waals surface area contributed by atoms with Crippen LogP contribution >= 0.6 is 0 Å². The number of amides is 12. The van der Waals surface area contributed by atoms with Gasteiger partial charge < -0.3 is 96.0 Å². The van der Waals surface area contributed by atoms with Crippen LogP contribution in [0.5, 0.6) is 5.75 Å². The van der Waals surface area contributed by atoms with Gasteiger partial charge in [0.05, 0.1) is 55.4 Å². The number of halogens is 1. The zero-order valence-electron chi connectivity index (χ0n) is 78.3. The van der Waals surface area contributed by atoms with Crippen LogP contribution in [-0.4, -0.2) is 215 Å². The number of nitrogens with one attached hydrogen (secondary N) is 10. The summed E-state index contributed by atoms with van der Waals surface area (Å²) >= 11 is 0. The van der Waals surface area contributed by atoms with Crippen molar-refractivity contribution in [2.45, 2.75) is 272 Å². The Morgan fingerprint density at radius 1 is 0.564 bits per heavy atom. The van der Waals surface area contributed by atoms with Gasteiger partial charge >= 0.3 is 29.9 Å². The molecule has 8 rings (SSSR count). The first kappa shape index (κ1) is 106. The minimum absolute atomic E-state index is 0.0183. The van der Waals surface area contributed by atoms with Crippen molar-refractivity contribution >= 4 is 106 Å². The second kappa shape index (κ2) is 49.2. The van der Waals surface area contributed by atoms with E-state index in [1.807, 2.05) is 6.92 Å². The molecule has 3 aromatic carbocycles. The molecule has 0 fully saturated rings. The number of aliphatic hydroxyl groups is 1. The number of aryl methyl sites for hydroxylation is 1. The zero-order chi connectivity index (χ0) is 97.7. The zero-order valence-corrected chi connectivity index (χ0v) is 78.3. The topological polar surface area (TPSA) is 499 Å². The summed E-state index contributed by atoms with van der Waals surface area (Å²) in [6, 6.07) is 10.3. The molecule has 11 N–H and O–H groups in total. The number of unbranched alkanes of at least 4 members (excludes halogenated alkanes) is 3. The predicted molar refractivity (Wildman–Crippen MR) is 486 cm³/mol. The highest BCUT2D eigenvalue weighted by molar-refractivity contribution is 6.13. The number of anilines is 1. The van der Waals surface area contributed by atoms with Crippen LogP contribution in [0.15, 0.2) is 83.7 Å². The van der Waals surface area contributed by atoms with Crippen LogP contribution in [0.3, 0.4) is 0 Å². The van der Waals surface area contributed by atoms with Gasteiger partial charge in [-0.2, -0.15) is 0 Å². The number of hydrogen-bond donors (Lipinski definition) is 11. The molecule has 3 aliphatic rings. The Hall–Kier alpha value is -12.6. The number of carbonyl (C=O) groups excluding carboxylic acids is 15. The number of benzene rings is 3. The summed E-state index contributed by atoms with van der Waals surface area (Å²) in [5, 5.41) is 39.2. The van der Waals surface area contributed by atoms with Crippen LogP contribution < -0.4 is 63.5 Å². The number of fused-ring (bicyclic) bond motifs is 5. The molecule has 38 heteroatoms. The molecule has 3 aliphatic heterocycles. The summed E-state index contributed by atoms with van der Waals surface area (Å²) in [6.07, 6.45) is 5.28. The molecular weight excluding hydrogens is 1730 g/mol. The van der Waals surface area contributed by atoms with E-state index < -0.39 is 141 Å². The summed E-state index contributed by atoms with van der Waals surface area (Å²) in [5.74, 6) is -9.03. The first-order chi connectivity index (χ1) is 62.8. The molecule has 5 aromatic rings. The van der Waals surface area contributed by atoms with Crippen LogP contribution in [-0.2, 0) is 118 Å². The van der Waals surface area contributed by atoms with Gasteiger partial charge in [-0.25, -0.2) is 28.6 Å². The van der Waals surface area contributed by atoms with Crippen molar-refractivity contribution in [3.63, 3.8) is 0 Å².